The summed E-state index contributed by atoms with van der Waals surface area (Å²) < 4.78 is 9.80. The van der Waals surface area contributed by atoms with Crippen LogP contribution in [-0.4, -0.2) is 59.9 Å². The van der Waals surface area contributed by atoms with E-state index in [-0.39, 0.29) is 11.4 Å². The molecule has 3 aromatic heterocycles. The van der Waals surface area contributed by atoms with Gasteiger partial charge in [-0.1, -0.05) is 56.8 Å². The van der Waals surface area contributed by atoms with Gasteiger partial charge in [-0.15, -0.1) is 0 Å². The normalized spacial score (nSPS) is 14.3. The van der Waals surface area contributed by atoms with E-state index in [1.165, 1.54) is 28.9 Å². The Labute approximate surface area is 229 Å². The lowest BCUT2D eigenvalue weighted by Gasteiger charge is -2.26. The number of nitrogen functional groups attached to an aromatic ring is 1. The molecule has 0 radical (unpaired) electrons. The molecule has 1 aromatic carbocycles. The highest BCUT2D eigenvalue weighted by Gasteiger charge is 2.22. The third-order valence-electron chi connectivity index (χ3n) is 6.79. The molecule has 1 aliphatic heterocycles. The highest BCUT2D eigenvalue weighted by Crippen LogP contribution is 2.27. The van der Waals surface area contributed by atoms with Crippen LogP contribution in [0.2, 0.25) is 0 Å². The number of thioether (sulfide) groups is 1. The van der Waals surface area contributed by atoms with E-state index < -0.39 is 11.2 Å². The fourth-order valence-electron chi connectivity index (χ4n) is 4.50. The van der Waals surface area contributed by atoms with Crippen molar-refractivity contribution >= 4 is 34.8 Å². The number of aromatic nitrogens is 7. The lowest BCUT2D eigenvalue weighted by Crippen LogP contribution is -2.37. The van der Waals surface area contributed by atoms with Crippen LogP contribution in [0.15, 0.2) is 39.0 Å². The van der Waals surface area contributed by atoms with Crippen molar-refractivity contribution in [1.82, 2.24) is 33.6 Å². The summed E-state index contributed by atoms with van der Waals surface area (Å²) in [5.41, 5.74) is 8.16. The number of imidazole rings is 1. The molecule has 0 bridgehead atoms. The molecule has 1 fully saturated rings. The van der Waals surface area contributed by atoms with Gasteiger partial charge in [-0.3, -0.25) is 13.9 Å². The largest absolute Gasteiger partial charge is 0.378 e. The summed E-state index contributed by atoms with van der Waals surface area (Å²) >= 11 is 1.38. The van der Waals surface area contributed by atoms with E-state index in [2.05, 4.69) is 60.0 Å². The average molecular weight is 552 g/mol. The van der Waals surface area contributed by atoms with E-state index in [0.717, 1.165) is 10.1 Å². The van der Waals surface area contributed by atoms with Gasteiger partial charge in [-0.25, -0.2) is 9.78 Å². The van der Waals surface area contributed by atoms with Gasteiger partial charge in [0, 0.05) is 27.2 Å². The molecule has 12 nitrogen and oxygen atoms in total. The third-order valence-corrected chi connectivity index (χ3v) is 7.76. The number of ether oxygens (including phenoxy) is 1. The molecule has 0 unspecified atom stereocenters. The van der Waals surface area contributed by atoms with Crippen molar-refractivity contribution in [3.8, 4) is 0 Å². The Hall–Kier alpha value is -3.71. The van der Waals surface area contributed by atoms with Gasteiger partial charge in [0.15, 0.2) is 16.3 Å². The Kier molecular flexibility index (Phi) is 7.21. The van der Waals surface area contributed by atoms with Gasteiger partial charge in [-0.05, 0) is 16.5 Å². The van der Waals surface area contributed by atoms with Gasteiger partial charge in [-0.2, -0.15) is 15.0 Å². The molecular formula is C26H33N9O3S. The number of hydrogen-bond acceptors (Lipinski definition) is 10. The average Bonchev–Trinajstić information content (AvgIpc) is 3.27. The predicted octanol–water partition coefficient (Wildman–Crippen LogP) is 1.68. The second-order valence-corrected chi connectivity index (χ2v) is 11.5. The smallest absolute Gasteiger partial charge is 0.332 e. The summed E-state index contributed by atoms with van der Waals surface area (Å²) in [4.78, 5) is 45.9. The Bertz CT molecular complexity index is 1630. The highest BCUT2D eigenvalue weighted by molar-refractivity contribution is 7.98. The summed E-state index contributed by atoms with van der Waals surface area (Å²) in [5, 5.41) is 0.579. The van der Waals surface area contributed by atoms with Crippen LogP contribution in [0, 0.1) is 0 Å². The molecule has 4 heterocycles. The van der Waals surface area contributed by atoms with Crippen molar-refractivity contribution in [2.75, 3.05) is 36.9 Å². The maximum Gasteiger partial charge on any atom is 0.332 e. The Morgan fingerprint density at radius 2 is 1.67 bits per heavy atom. The van der Waals surface area contributed by atoms with Gasteiger partial charge >= 0.3 is 5.69 Å². The van der Waals surface area contributed by atoms with Gasteiger partial charge < -0.3 is 19.9 Å². The van der Waals surface area contributed by atoms with E-state index in [1.54, 1.807) is 7.05 Å². The fraction of sp³-hybridized carbons (Fsp3) is 0.462. The van der Waals surface area contributed by atoms with Crippen molar-refractivity contribution in [1.29, 1.82) is 0 Å². The van der Waals surface area contributed by atoms with Crippen molar-refractivity contribution in [3.05, 3.63) is 62.1 Å². The van der Waals surface area contributed by atoms with E-state index in [1.807, 2.05) is 9.47 Å². The second kappa shape index (κ2) is 10.5. The number of nitrogens with two attached hydrogens (primary N) is 1. The summed E-state index contributed by atoms with van der Waals surface area (Å²) in [5.74, 6) is 1.52. The lowest BCUT2D eigenvalue weighted by atomic mass is 9.87. The van der Waals surface area contributed by atoms with Crippen molar-refractivity contribution in [3.63, 3.8) is 0 Å². The third kappa shape index (κ3) is 5.41. The number of anilines is 2. The van der Waals surface area contributed by atoms with Crippen LogP contribution in [0.5, 0.6) is 0 Å². The van der Waals surface area contributed by atoms with Gasteiger partial charge in [0.2, 0.25) is 11.9 Å². The zero-order valence-electron chi connectivity index (χ0n) is 22.8. The molecule has 0 saturated carbocycles. The maximum atomic E-state index is 13.3. The first-order chi connectivity index (χ1) is 18.5. The number of aryl methyl sites for hydroxylation is 1. The molecule has 1 saturated heterocycles. The van der Waals surface area contributed by atoms with Crippen molar-refractivity contribution < 1.29 is 4.74 Å². The van der Waals surface area contributed by atoms with Gasteiger partial charge in [0.25, 0.3) is 5.56 Å². The molecule has 4 aromatic rings. The van der Waals surface area contributed by atoms with E-state index >= 15 is 0 Å². The first kappa shape index (κ1) is 26.9. The molecule has 206 valence electrons. The second-order valence-electron chi connectivity index (χ2n) is 10.6. The minimum atomic E-state index is -0.427. The number of fused-ring (bicyclic) bond motifs is 1. The van der Waals surface area contributed by atoms with Crippen molar-refractivity contribution in [2.45, 2.75) is 43.6 Å². The lowest BCUT2D eigenvalue weighted by molar-refractivity contribution is 0.122. The molecular weight excluding hydrogens is 518 g/mol. The Morgan fingerprint density at radius 3 is 2.33 bits per heavy atom. The van der Waals surface area contributed by atoms with Crippen LogP contribution >= 0.6 is 11.8 Å². The van der Waals surface area contributed by atoms with Crippen LogP contribution in [0.4, 0.5) is 11.9 Å². The number of hydrogen-bond donors (Lipinski definition) is 1. The SMILES string of the molecule is Cn1c(=O)c2c(nc(SCc3nc(N)nc(N4CCOCC4)n3)n2Cc2ccc(C(C)(C)C)cc2)n(C)c1=O. The molecule has 2 N–H and O–H groups in total. The van der Waals surface area contributed by atoms with Gasteiger partial charge in [0.1, 0.15) is 5.82 Å². The minimum Gasteiger partial charge on any atom is -0.378 e. The highest BCUT2D eigenvalue weighted by atomic mass is 32.2. The first-order valence-corrected chi connectivity index (χ1v) is 13.7. The summed E-state index contributed by atoms with van der Waals surface area (Å²) in [6.07, 6.45) is 0. The molecule has 0 atom stereocenters. The summed E-state index contributed by atoms with van der Waals surface area (Å²) in [6.45, 7) is 9.48. The summed E-state index contributed by atoms with van der Waals surface area (Å²) in [7, 11) is 3.10. The molecule has 1 aliphatic rings. The molecule has 5 rings (SSSR count). The molecule has 0 aliphatic carbocycles. The molecule has 39 heavy (non-hydrogen) atoms. The van der Waals surface area contributed by atoms with E-state index in [9.17, 15) is 9.59 Å². The van der Waals surface area contributed by atoms with Crippen LogP contribution in [0.1, 0.15) is 37.7 Å². The number of benzene rings is 1. The Balaban J connectivity index is 1.52. The number of nitrogens with zero attached hydrogens (tertiary/aromatic N) is 8. The molecule has 0 spiro atoms. The number of morpholine rings is 1. The van der Waals surface area contributed by atoms with Crippen LogP contribution < -0.4 is 21.9 Å². The van der Waals surface area contributed by atoms with Crippen LogP contribution in [-0.2, 0) is 36.5 Å². The van der Waals surface area contributed by atoms with E-state index in [0.29, 0.717) is 66.7 Å². The van der Waals surface area contributed by atoms with Gasteiger partial charge in [0.05, 0.1) is 25.5 Å². The zero-order chi connectivity index (χ0) is 27.9. The number of rotatable bonds is 6. The van der Waals surface area contributed by atoms with E-state index in [4.69, 9.17) is 15.5 Å². The van der Waals surface area contributed by atoms with Crippen LogP contribution in [0.3, 0.4) is 0 Å². The standard InChI is InChI=1S/C26H33N9O3S/c1-26(2,3)17-8-6-16(7-9-17)14-35-19-20(32(4)25(37)33(5)21(19)36)30-24(35)39-15-18-28-22(27)31-23(29-18)34-10-12-38-13-11-34/h6-9H,10-15H2,1-5H3,(H2,27,28,29,31). The minimum absolute atomic E-state index is 0.0297. The fourth-order valence-corrected chi connectivity index (χ4v) is 5.35. The quantitative estimate of drug-likeness (QED) is 0.352. The molecule has 0 amide bonds. The first-order valence-electron chi connectivity index (χ1n) is 12.7. The topological polar surface area (TPSA) is 139 Å². The summed E-state index contributed by atoms with van der Waals surface area (Å²) in [6, 6.07) is 8.34. The monoisotopic (exact) mass is 551 g/mol. The predicted molar refractivity (Wildman–Crippen MR) is 151 cm³/mol. The van der Waals surface area contributed by atoms with Crippen LogP contribution in [0.25, 0.3) is 11.2 Å². The molecule has 13 heteroatoms. The maximum absolute atomic E-state index is 13.3. The van der Waals surface area contributed by atoms with Crippen molar-refractivity contribution in [2.24, 2.45) is 14.1 Å². The Morgan fingerprint density at radius 1 is 0.974 bits per heavy atom. The zero-order valence-corrected chi connectivity index (χ0v) is 23.7.